The lowest BCUT2D eigenvalue weighted by atomic mass is 9.85. The van der Waals surface area contributed by atoms with Crippen LogP contribution in [-0.2, 0) is 9.59 Å². The molecule has 1 aromatic rings. The molecule has 1 saturated heterocycles. The third kappa shape index (κ3) is 2.54. The Kier molecular flexibility index (Phi) is 3.67. The molecule has 3 amide bonds. The van der Waals surface area contributed by atoms with Gasteiger partial charge in [0.05, 0.1) is 11.8 Å². The molecule has 2 aliphatic carbocycles. The number of hydrogen-bond donors (Lipinski definition) is 1. The van der Waals surface area contributed by atoms with Gasteiger partial charge < -0.3 is 5.32 Å². The molecule has 1 N–H and O–H groups in total. The van der Waals surface area contributed by atoms with Crippen molar-refractivity contribution >= 4 is 17.7 Å². The van der Waals surface area contributed by atoms with E-state index in [0.717, 1.165) is 18.6 Å². The molecule has 130 valence electrons. The molecular formula is C18H16F2N2O3. The van der Waals surface area contributed by atoms with Gasteiger partial charge in [-0.05, 0) is 30.4 Å². The average molecular weight is 346 g/mol. The molecule has 5 nitrogen and oxygen atoms in total. The predicted octanol–water partition coefficient (Wildman–Crippen LogP) is 1.50. The van der Waals surface area contributed by atoms with Crippen LogP contribution in [0.1, 0.15) is 16.8 Å². The molecule has 7 heteroatoms. The van der Waals surface area contributed by atoms with Crippen LogP contribution in [0.2, 0.25) is 0 Å². The van der Waals surface area contributed by atoms with Gasteiger partial charge in [-0.3, -0.25) is 19.3 Å². The molecule has 4 rings (SSSR count). The Morgan fingerprint density at radius 3 is 2.16 bits per heavy atom. The van der Waals surface area contributed by atoms with Gasteiger partial charge in [0, 0.05) is 24.7 Å². The van der Waals surface area contributed by atoms with Crippen LogP contribution in [0.25, 0.3) is 0 Å². The first-order valence-electron chi connectivity index (χ1n) is 8.23. The first-order valence-corrected chi connectivity index (χ1v) is 8.23. The van der Waals surface area contributed by atoms with Gasteiger partial charge in [0.1, 0.15) is 11.6 Å². The maximum atomic E-state index is 13.1. The number of fused-ring (bicyclic) bond motifs is 5. The molecule has 2 bridgehead atoms. The Morgan fingerprint density at radius 2 is 1.60 bits per heavy atom. The maximum absolute atomic E-state index is 13.1. The van der Waals surface area contributed by atoms with Crippen molar-refractivity contribution in [3.05, 3.63) is 47.5 Å². The molecule has 4 atom stereocenters. The number of benzene rings is 1. The first kappa shape index (κ1) is 15.9. The van der Waals surface area contributed by atoms with Crippen molar-refractivity contribution in [3.8, 4) is 0 Å². The summed E-state index contributed by atoms with van der Waals surface area (Å²) in [5.41, 5.74) is -0.143. The summed E-state index contributed by atoms with van der Waals surface area (Å²) >= 11 is 0. The van der Waals surface area contributed by atoms with Crippen LogP contribution in [0.15, 0.2) is 30.4 Å². The highest BCUT2D eigenvalue weighted by atomic mass is 19.1. The Morgan fingerprint density at radius 1 is 1.04 bits per heavy atom. The summed E-state index contributed by atoms with van der Waals surface area (Å²) in [5, 5.41) is 2.49. The van der Waals surface area contributed by atoms with Gasteiger partial charge in [-0.1, -0.05) is 12.2 Å². The average Bonchev–Trinajstić information content (AvgIpc) is 3.23. The summed E-state index contributed by atoms with van der Waals surface area (Å²) in [5.74, 6) is -2.96. The molecule has 1 aromatic carbocycles. The minimum absolute atomic E-state index is 0.0383. The molecule has 0 radical (unpaired) electrons. The number of carbonyl (C=O) groups excluding carboxylic acids is 3. The van der Waals surface area contributed by atoms with E-state index in [-0.39, 0.29) is 54.1 Å². The Bertz CT molecular complexity index is 757. The van der Waals surface area contributed by atoms with Gasteiger partial charge in [-0.15, -0.1) is 0 Å². The van der Waals surface area contributed by atoms with E-state index in [1.54, 1.807) is 0 Å². The van der Waals surface area contributed by atoms with Gasteiger partial charge in [0.15, 0.2) is 0 Å². The van der Waals surface area contributed by atoms with Crippen molar-refractivity contribution in [2.75, 3.05) is 13.1 Å². The van der Waals surface area contributed by atoms with E-state index in [1.807, 2.05) is 12.2 Å². The minimum Gasteiger partial charge on any atom is -0.350 e. The van der Waals surface area contributed by atoms with E-state index in [0.29, 0.717) is 6.07 Å². The predicted molar refractivity (Wildman–Crippen MR) is 83.1 cm³/mol. The number of carbonyl (C=O) groups is 3. The van der Waals surface area contributed by atoms with Crippen molar-refractivity contribution in [1.29, 1.82) is 0 Å². The van der Waals surface area contributed by atoms with Gasteiger partial charge in [-0.2, -0.15) is 0 Å². The third-order valence-electron chi connectivity index (χ3n) is 5.31. The van der Waals surface area contributed by atoms with Crippen LogP contribution in [-0.4, -0.2) is 35.7 Å². The summed E-state index contributed by atoms with van der Waals surface area (Å²) in [6.45, 7) is 0.101. The van der Waals surface area contributed by atoms with Gasteiger partial charge >= 0.3 is 0 Å². The number of amides is 3. The lowest BCUT2D eigenvalue weighted by Crippen LogP contribution is -2.39. The van der Waals surface area contributed by atoms with Crippen molar-refractivity contribution in [2.24, 2.45) is 23.7 Å². The van der Waals surface area contributed by atoms with Gasteiger partial charge in [-0.25, -0.2) is 8.78 Å². The van der Waals surface area contributed by atoms with Crippen LogP contribution in [0.4, 0.5) is 8.78 Å². The third-order valence-corrected chi connectivity index (χ3v) is 5.31. The zero-order valence-corrected chi connectivity index (χ0v) is 13.2. The van der Waals surface area contributed by atoms with Gasteiger partial charge in [0.2, 0.25) is 11.8 Å². The normalized spacial score (nSPS) is 29.4. The molecule has 25 heavy (non-hydrogen) atoms. The summed E-state index contributed by atoms with van der Waals surface area (Å²) in [6.07, 6.45) is 4.89. The van der Waals surface area contributed by atoms with E-state index in [9.17, 15) is 23.2 Å². The Balaban J connectivity index is 1.37. The number of allylic oxidation sites excluding steroid dienone is 2. The second-order valence-electron chi connectivity index (χ2n) is 6.74. The molecular weight excluding hydrogens is 330 g/mol. The molecule has 3 aliphatic rings. The van der Waals surface area contributed by atoms with Crippen LogP contribution in [0, 0.1) is 35.3 Å². The zero-order chi connectivity index (χ0) is 17.7. The highest BCUT2D eigenvalue weighted by Crippen LogP contribution is 2.52. The van der Waals surface area contributed by atoms with E-state index >= 15 is 0 Å². The molecule has 1 saturated carbocycles. The van der Waals surface area contributed by atoms with E-state index in [4.69, 9.17) is 0 Å². The number of nitrogens with one attached hydrogen (secondary N) is 1. The number of halogens is 2. The SMILES string of the molecule is O=C(NCCN1C(=O)C2C3C=CC(C3)C2C1=O)c1cc(F)cc(F)c1. The quantitative estimate of drug-likeness (QED) is 0.664. The van der Waals surface area contributed by atoms with E-state index in [2.05, 4.69) is 5.32 Å². The van der Waals surface area contributed by atoms with Crippen LogP contribution in [0.3, 0.4) is 0 Å². The second-order valence-corrected chi connectivity index (χ2v) is 6.74. The maximum Gasteiger partial charge on any atom is 0.251 e. The largest absolute Gasteiger partial charge is 0.350 e. The van der Waals surface area contributed by atoms with Crippen LogP contribution < -0.4 is 5.32 Å². The Labute approximate surface area is 142 Å². The van der Waals surface area contributed by atoms with Crippen molar-refractivity contribution < 1.29 is 23.2 Å². The number of rotatable bonds is 4. The lowest BCUT2D eigenvalue weighted by molar-refractivity contribution is -0.140. The van der Waals surface area contributed by atoms with Gasteiger partial charge in [0.25, 0.3) is 5.91 Å². The standard InChI is InChI=1S/C18H16F2N2O3/c19-12-6-11(7-13(20)8-12)16(23)21-3-4-22-17(24)14-9-1-2-10(5-9)15(14)18(22)25/h1-2,6-10,14-15H,3-5H2,(H,21,23). The molecule has 2 fully saturated rings. The van der Waals surface area contributed by atoms with Crippen molar-refractivity contribution in [3.63, 3.8) is 0 Å². The van der Waals surface area contributed by atoms with Crippen LogP contribution >= 0.6 is 0 Å². The number of imide groups is 1. The van der Waals surface area contributed by atoms with Crippen molar-refractivity contribution in [2.45, 2.75) is 6.42 Å². The van der Waals surface area contributed by atoms with E-state index < -0.39 is 17.5 Å². The summed E-state index contributed by atoms with van der Waals surface area (Å²) < 4.78 is 26.3. The monoisotopic (exact) mass is 346 g/mol. The highest BCUT2D eigenvalue weighted by Gasteiger charge is 2.58. The van der Waals surface area contributed by atoms with Crippen LogP contribution in [0.5, 0.6) is 0 Å². The summed E-state index contributed by atoms with van der Waals surface area (Å²) in [7, 11) is 0. The Hall–Kier alpha value is -2.57. The fourth-order valence-electron chi connectivity index (χ4n) is 4.25. The first-order chi connectivity index (χ1) is 12.0. The zero-order valence-electron chi connectivity index (χ0n) is 13.2. The minimum atomic E-state index is -0.842. The second kappa shape index (κ2) is 5.75. The molecule has 1 aliphatic heterocycles. The molecule has 0 spiro atoms. The lowest BCUT2D eigenvalue weighted by Gasteiger charge is -2.17. The smallest absolute Gasteiger partial charge is 0.251 e. The topological polar surface area (TPSA) is 66.5 Å². The molecule has 0 aromatic heterocycles. The fourth-order valence-corrected chi connectivity index (χ4v) is 4.25. The number of likely N-dealkylation sites (tertiary alicyclic amines) is 1. The van der Waals surface area contributed by atoms with E-state index in [1.165, 1.54) is 4.90 Å². The fraction of sp³-hybridized carbons (Fsp3) is 0.389. The molecule has 4 unspecified atom stereocenters. The molecule has 1 heterocycles. The van der Waals surface area contributed by atoms with Crippen molar-refractivity contribution in [1.82, 2.24) is 10.2 Å². The number of nitrogens with zero attached hydrogens (tertiary/aromatic N) is 1. The summed E-state index contributed by atoms with van der Waals surface area (Å²) in [4.78, 5) is 38.1. The highest BCUT2D eigenvalue weighted by molar-refractivity contribution is 6.06. The number of hydrogen-bond acceptors (Lipinski definition) is 3. The summed E-state index contributed by atoms with van der Waals surface area (Å²) in [6, 6.07) is 2.54.